The molecule has 0 saturated heterocycles. The van der Waals surface area contributed by atoms with Crippen molar-refractivity contribution in [3.05, 3.63) is 75.6 Å². The van der Waals surface area contributed by atoms with Crippen LogP contribution in [0.1, 0.15) is 21.5 Å². The summed E-state index contributed by atoms with van der Waals surface area (Å²) in [6.07, 6.45) is 0. The highest BCUT2D eigenvalue weighted by Gasteiger charge is 2.21. The first-order valence-corrected chi connectivity index (χ1v) is 6.54. The minimum absolute atomic E-state index is 0.219. The average molecular weight is 279 g/mol. The molecule has 0 radical (unpaired) electrons. The molecular formula is C17H13NO3. The molecule has 0 atom stereocenters. The van der Waals surface area contributed by atoms with Gasteiger partial charge in [-0.15, -0.1) is 0 Å². The lowest BCUT2D eigenvalue weighted by molar-refractivity contribution is 0.103. The molecule has 0 spiro atoms. The van der Waals surface area contributed by atoms with Crippen molar-refractivity contribution in [2.45, 2.75) is 6.92 Å². The molecule has 0 saturated carbocycles. The second-order valence-electron chi connectivity index (χ2n) is 4.87. The zero-order valence-corrected chi connectivity index (χ0v) is 11.4. The second-order valence-corrected chi connectivity index (χ2v) is 4.87. The zero-order valence-electron chi connectivity index (χ0n) is 11.4. The number of aromatic hydroxyl groups is 1. The van der Waals surface area contributed by atoms with Gasteiger partial charge in [-0.1, -0.05) is 36.4 Å². The zero-order chi connectivity index (χ0) is 15.0. The Morgan fingerprint density at radius 3 is 2.48 bits per heavy atom. The lowest BCUT2D eigenvalue weighted by Crippen LogP contribution is -2.19. The van der Waals surface area contributed by atoms with Crippen molar-refractivity contribution in [1.82, 2.24) is 4.98 Å². The minimum atomic E-state index is -0.584. The molecule has 0 bridgehead atoms. The lowest BCUT2D eigenvalue weighted by Gasteiger charge is -2.08. The average Bonchev–Trinajstić information content (AvgIpc) is 2.47. The van der Waals surface area contributed by atoms with Crippen molar-refractivity contribution in [2.24, 2.45) is 0 Å². The number of pyridine rings is 1. The summed E-state index contributed by atoms with van der Waals surface area (Å²) < 4.78 is 0. The summed E-state index contributed by atoms with van der Waals surface area (Å²) >= 11 is 0. The van der Waals surface area contributed by atoms with Gasteiger partial charge in [0.2, 0.25) is 5.78 Å². The van der Waals surface area contributed by atoms with Crippen LogP contribution in [0.15, 0.2) is 53.3 Å². The number of hydrogen-bond acceptors (Lipinski definition) is 3. The van der Waals surface area contributed by atoms with E-state index in [0.717, 1.165) is 5.56 Å². The first-order valence-electron chi connectivity index (χ1n) is 6.54. The van der Waals surface area contributed by atoms with Crippen molar-refractivity contribution >= 4 is 16.7 Å². The van der Waals surface area contributed by atoms with Gasteiger partial charge in [-0.05, 0) is 24.6 Å². The van der Waals surface area contributed by atoms with Gasteiger partial charge in [0, 0.05) is 10.9 Å². The molecule has 0 amide bonds. The van der Waals surface area contributed by atoms with Crippen LogP contribution in [0.2, 0.25) is 0 Å². The SMILES string of the molecule is Cc1ccccc1C(=O)c1c(O)c2ccccc2[nH]c1=O. The molecule has 1 heterocycles. The largest absolute Gasteiger partial charge is 0.506 e. The minimum Gasteiger partial charge on any atom is -0.506 e. The molecule has 1 aromatic heterocycles. The number of para-hydroxylation sites is 1. The number of aromatic nitrogens is 1. The number of ketones is 1. The normalized spacial score (nSPS) is 10.7. The third-order valence-corrected chi connectivity index (χ3v) is 3.51. The molecule has 2 N–H and O–H groups in total. The topological polar surface area (TPSA) is 70.2 Å². The van der Waals surface area contributed by atoms with Crippen LogP contribution in [-0.2, 0) is 0 Å². The Labute approximate surface area is 120 Å². The van der Waals surface area contributed by atoms with Gasteiger partial charge in [-0.3, -0.25) is 9.59 Å². The van der Waals surface area contributed by atoms with Crippen molar-refractivity contribution in [2.75, 3.05) is 0 Å². The van der Waals surface area contributed by atoms with E-state index in [1.165, 1.54) is 0 Å². The van der Waals surface area contributed by atoms with E-state index in [-0.39, 0.29) is 11.3 Å². The van der Waals surface area contributed by atoms with E-state index < -0.39 is 11.3 Å². The molecule has 0 aliphatic rings. The van der Waals surface area contributed by atoms with Crippen LogP contribution >= 0.6 is 0 Å². The number of benzene rings is 2. The van der Waals surface area contributed by atoms with Crippen LogP contribution in [0.25, 0.3) is 10.9 Å². The molecule has 3 rings (SSSR count). The van der Waals surface area contributed by atoms with E-state index in [9.17, 15) is 14.7 Å². The van der Waals surface area contributed by atoms with Crippen LogP contribution in [0.3, 0.4) is 0 Å². The first kappa shape index (κ1) is 13.1. The van der Waals surface area contributed by atoms with E-state index in [2.05, 4.69) is 4.98 Å². The number of aromatic amines is 1. The van der Waals surface area contributed by atoms with Crippen molar-refractivity contribution in [3.8, 4) is 5.75 Å². The van der Waals surface area contributed by atoms with Crippen molar-refractivity contribution in [3.63, 3.8) is 0 Å². The number of hydrogen-bond donors (Lipinski definition) is 2. The number of fused-ring (bicyclic) bond motifs is 1. The molecular weight excluding hydrogens is 266 g/mol. The van der Waals surface area contributed by atoms with E-state index in [0.29, 0.717) is 16.5 Å². The Morgan fingerprint density at radius 2 is 1.71 bits per heavy atom. The molecule has 0 aliphatic carbocycles. The number of H-pyrrole nitrogens is 1. The fourth-order valence-electron chi connectivity index (χ4n) is 2.40. The molecule has 2 aromatic carbocycles. The molecule has 21 heavy (non-hydrogen) atoms. The fraction of sp³-hybridized carbons (Fsp3) is 0.0588. The Balaban J connectivity index is 2.28. The van der Waals surface area contributed by atoms with E-state index in [4.69, 9.17) is 0 Å². The fourth-order valence-corrected chi connectivity index (χ4v) is 2.40. The monoisotopic (exact) mass is 279 g/mol. The van der Waals surface area contributed by atoms with E-state index >= 15 is 0 Å². The van der Waals surface area contributed by atoms with Gasteiger partial charge in [-0.2, -0.15) is 0 Å². The third-order valence-electron chi connectivity index (χ3n) is 3.51. The van der Waals surface area contributed by atoms with Gasteiger partial charge in [0.25, 0.3) is 5.56 Å². The maximum absolute atomic E-state index is 12.6. The van der Waals surface area contributed by atoms with Gasteiger partial charge < -0.3 is 10.1 Å². The summed E-state index contributed by atoms with van der Waals surface area (Å²) in [5, 5.41) is 10.8. The molecule has 104 valence electrons. The van der Waals surface area contributed by atoms with Crippen LogP contribution in [0.4, 0.5) is 0 Å². The molecule has 3 aromatic rings. The number of carbonyl (C=O) groups excluding carboxylic acids is 1. The Kier molecular flexibility index (Phi) is 3.06. The predicted octanol–water partition coefficient (Wildman–Crippen LogP) is 2.77. The first-order chi connectivity index (χ1) is 10.1. The molecule has 0 fully saturated rings. The maximum Gasteiger partial charge on any atom is 0.263 e. The Bertz CT molecular complexity index is 909. The highest BCUT2D eigenvalue weighted by molar-refractivity contribution is 6.13. The quantitative estimate of drug-likeness (QED) is 0.709. The Morgan fingerprint density at radius 1 is 1.05 bits per heavy atom. The number of nitrogens with one attached hydrogen (secondary N) is 1. The third kappa shape index (κ3) is 2.10. The smallest absolute Gasteiger partial charge is 0.263 e. The maximum atomic E-state index is 12.6. The Hall–Kier alpha value is -2.88. The van der Waals surface area contributed by atoms with Gasteiger partial charge in [0.15, 0.2) is 0 Å². The van der Waals surface area contributed by atoms with Gasteiger partial charge in [0.1, 0.15) is 11.3 Å². The summed E-state index contributed by atoms with van der Waals surface area (Å²) in [6.45, 7) is 1.79. The van der Waals surface area contributed by atoms with Gasteiger partial charge >= 0.3 is 0 Å². The van der Waals surface area contributed by atoms with Crippen molar-refractivity contribution < 1.29 is 9.90 Å². The van der Waals surface area contributed by atoms with Crippen molar-refractivity contribution in [1.29, 1.82) is 0 Å². The number of rotatable bonds is 2. The lowest BCUT2D eigenvalue weighted by atomic mass is 9.98. The predicted molar refractivity (Wildman–Crippen MR) is 80.8 cm³/mol. The number of carbonyl (C=O) groups is 1. The number of aryl methyl sites for hydroxylation is 1. The van der Waals surface area contributed by atoms with Crippen LogP contribution in [0, 0.1) is 6.92 Å². The summed E-state index contributed by atoms with van der Waals surface area (Å²) in [5.41, 5.74) is 0.867. The molecule has 4 nitrogen and oxygen atoms in total. The molecule has 4 heteroatoms. The summed E-state index contributed by atoms with van der Waals surface area (Å²) in [5.74, 6) is -0.750. The van der Waals surface area contributed by atoms with E-state index in [1.807, 2.05) is 6.07 Å². The molecule has 0 unspecified atom stereocenters. The highest BCUT2D eigenvalue weighted by Crippen LogP contribution is 2.26. The van der Waals surface area contributed by atoms with Crippen LogP contribution in [-0.4, -0.2) is 15.9 Å². The second kappa shape index (κ2) is 4.90. The summed E-state index contributed by atoms with van der Waals surface area (Å²) in [6, 6.07) is 13.8. The van der Waals surface area contributed by atoms with E-state index in [1.54, 1.807) is 49.4 Å². The highest BCUT2D eigenvalue weighted by atomic mass is 16.3. The summed E-state index contributed by atoms with van der Waals surface area (Å²) in [7, 11) is 0. The van der Waals surface area contributed by atoms with Crippen LogP contribution < -0.4 is 5.56 Å². The standard InChI is InChI=1S/C17H13NO3/c1-10-6-2-3-7-11(10)15(19)14-16(20)12-8-4-5-9-13(12)18-17(14)21/h2-9H,1H3,(H2,18,20,21). The molecule has 0 aliphatic heterocycles. The van der Waals surface area contributed by atoms with Gasteiger partial charge in [0.05, 0.1) is 5.52 Å². The summed E-state index contributed by atoms with van der Waals surface area (Å²) in [4.78, 5) is 27.3. The van der Waals surface area contributed by atoms with Gasteiger partial charge in [-0.25, -0.2) is 0 Å². The van der Waals surface area contributed by atoms with Crippen LogP contribution in [0.5, 0.6) is 5.75 Å².